The molecule has 6 heteroatoms. The second-order valence-corrected chi connectivity index (χ2v) is 6.28. The van der Waals surface area contributed by atoms with Gasteiger partial charge in [0.05, 0.1) is 11.8 Å². The van der Waals surface area contributed by atoms with Crippen molar-refractivity contribution in [3.8, 4) is 5.75 Å². The van der Waals surface area contributed by atoms with Crippen molar-refractivity contribution in [1.29, 1.82) is 0 Å². The Morgan fingerprint density at radius 1 is 1.41 bits per heavy atom. The van der Waals surface area contributed by atoms with Crippen molar-refractivity contribution in [3.63, 3.8) is 0 Å². The van der Waals surface area contributed by atoms with E-state index in [9.17, 15) is 8.42 Å². The normalized spacial score (nSPS) is 11.6. The van der Waals surface area contributed by atoms with Crippen molar-refractivity contribution < 1.29 is 13.2 Å². The SMILES string of the molecule is Cc1cc(OC(C)C)ccc1NS(=O)(=O)CCl. The average molecular weight is 278 g/mol. The standard InChI is InChI=1S/C11H16ClNO3S/c1-8(2)16-10-4-5-11(9(3)6-10)13-17(14,15)7-12/h4-6,8,13H,7H2,1-3H3. The van der Waals surface area contributed by atoms with Crippen LogP contribution in [-0.2, 0) is 10.0 Å². The van der Waals surface area contributed by atoms with E-state index < -0.39 is 15.2 Å². The molecule has 1 aromatic rings. The molecule has 0 bridgehead atoms. The lowest BCUT2D eigenvalue weighted by Gasteiger charge is -2.13. The van der Waals surface area contributed by atoms with Crippen molar-refractivity contribution in [3.05, 3.63) is 23.8 Å². The van der Waals surface area contributed by atoms with Gasteiger partial charge < -0.3 is 4.74 Å². The molecule has 1 N–H and O–H groups in total. The number of rotatable bonds is 5. The number of sulfonamides is 1. The summed E-state index contributed by atoms with van der Waals surface area (Å²) in [5.74, 6) is 0.714. The van der Waals surface area contributed by atoms with Gasteiger partial charge in [0.1, 0.15) is 11.0 Å². The number of anilines is 1. The lowest BCUT2D eigenvalue weighted by Crippen LogP contribution is -2.14. The molecule has 0 aliphatic heterocycles. The van der Waals surface area contributed by atoms with E-state index in [0.717, 1.165) is 5.56 Å². The van der Waals surface area contributed by atoms with Gasteiger partial charge in [-0.05, 0) is 44.5 Å². The maximum atomic E-state index is 11.3. The van der Waals surface area contributed by atoms with Crippen LogP contribution in [0.15, 0.2) is 18.2 Å². The summed E-state index contributed by atoms with van der Waals surface area (Å²) >= 11 is 5.32. The maximum absolute atomic E-state index is 11.3. The lowest BCUT2D eigenvalue weighted by molar-refractivity contribution is 0.242. The van der Waals surface area contributed by atoms with Gasteiger partial charge in [-0.1, -0.05) is 0 Å². The van der Waals surface area contributed by atoms with Gasteiger partial charge in [-0.15, -0.1) is 11.6 Å². The van der Waals surface area contributed by atoms with Crippen LogP contribution in [0.1, 0.15) is 19.4 Å². The van der Waals surface area contributed by atoms with E-state index in [1.165, 1.54) is 0 Å². The number of aryl methyl sites for hydroxylation is 1. The average Bonchev–Trinajstić information content (AvgIpc) is 2.21. The van der Waals surface area contributed by atoms with Gasteiger partial charge in [0.15, 0.2) is 0 Å². The number of alkyl halides is 1. The van der Waals surface area contributed by atoms with E-state index in [1.807, 2.05) is 13.8 Å². The van der Waals surface area contributed by atoms with Gasteiger partial charge in [0.25, 0.3) is 0 Å². The van der Waals surface area contributed by atoms with Gasteiger partial charge in [0, 0.05) is 0 Å². The van der Waals surface area contributed by atoms with Crippen molar-refractivity contribution in [2.24, 2.45) is 0 Å². The molecule has 0 saturated heterocycles. The van der Waals surface area contributed by atoms with E-state index >= 15 is 0 Å². The van der Waals surface area contributed by atoms with Crippen LogP contribution in [0.3, 0.4) is 0 Å². The lowest BCUT2D eigenvalue weighted by atomic mass is 10.2. The molecular weight excluding hydrogens is 262 g/mol. The van der Waals surface area contributed by atoms with Gasteiger partial charge >= 0.3 is 0 Å². The molecule has 0 radical (unpaired) electrons. The molecule has 0 amide bonds. The molecule has 0 saturated carbocycles. The van der Waals surface area contributed by atoms with E-state index in [-0.39, 0.29) is 6.10 Å². The third-order valence-electron chi connectivity index (χ3n) is 1.98. The number of halogens is 1. The zero-order chi connectivity index (χ0) is 13.1. The highest BCUT2D eigenvalue weighted by molar-refractivity contribution is 7.93. The summed E-state index contributed by atoms with van der Waals surface area (Å²) in [7, 11) is -3.46. The third-order valence-corrected chi connectivity index (χ3v) is 3.66. The summed E-state index contributed by atoms with van der Waals surface area (Å²) in [6, 6.07) is 5.17. The molecule has 0 heterocycles. The van der Waals surface area contributed by atoms with E-state index in [2.05, 4.69) is 4.72 Å². The smallest absolute Gasteiger partial charge is 0.246 e. The van der Waals surface area contributed by atoms with Crippen LogP contribution < -0.4 is 9.46 Å². The Hall–Kier alpha value is -0.940. The number of benzene rings is 1. The topological polar surface area (TPSA) is 55.4 Å². The molecule has 0 fully saturated rings. The summed E-state index contributed by atoms with van der Waals surface area (Å²) < 4.78 is 30.5. The number of nitrogens with one attached hydrogen (secondary N) is 1. The second-order valence-electron chi connectivity index (χ2n) is 3.97. The van der Waals surface area contributed by atoms with Crippen LogP contribution in [0.25, 0.3) is 0 Å². The molecular formula is C11H16ClNO3S. The Kier molecular flexibility index (Phi) is 4.65. The summed E-state index contributed by atoms with van der Waals surface area (Å²) in [5.41, 5.74) is 1.30. The fourth-order valence-electron chi connectivity index (χ4n) is 1.29. The molecule has 0 aliphatic carbocycles. The Balaban J connectivity index is 2.91. The molecule has 0 spiro atoms. The highest BCUT2D eigenvalue weighted by Crippen LogP contribution is 2.23. The fraction of sp³-hybridized carbons (Fsp3) is 0.455. The first-order valence-electron chi connectivity index (χ1n) is 5.18. The van der Waals surface area contributed by atoms with Crippen LogP contribution in [0.5, 0.6) is 5.75 Å². The van der Waals surface area contributed by atoms with Crippen LogP contribution in [0, 0.1) is 6.92 Å². The van der Waals surface area contributed by atoms with Crippen molar-refractivity contribution in [2.45, 2.75) is 26.9 Å². The molecule has 4 nitrogen and oxygen atoms in total. The minimum absolute atomic E-state index is 0.0831. The van der Waals surface area contributed by atoms with Crippen LogP contribution in [-0.4, -0.2) is 19.7 Å². The molecule has 1 rings (SSSR count). The Morgan fingerprint density at radius 3 is 2.53 bits per heavy atom. The third kappa shape index (κ3) is 4.44. The summed E-state index contributed by atoms with van der Waals surface area (Å²) in [6.45, 7) is 5.66. The minimum atomic E-state index is -3.46. The fourth-order valence-corrected chi connectivity index (χ4v) is 2.07. The van der Waals surface area contributed by atoms with Crippen molar-refractivity contribution in [2.75, 3.05) is 9.93 Å². The molecule has 17 heavy (non-hydrogen) atoms. The van der Waals surface area contributed by atoms with Gasteiger partial charge in [-0.3, -0.25) is 4.72 Å². The van der Waals surface area contributed by atoms with Gasteiger partial charge in [0.2, 0.25) is 10.0 Å². The number of hydrogen-bond acceptors (Lipinski definition) is 3. The van der Waals surface area contributed by atoms with Crippen molar-refractivity contribution >= 4 is 27.3 Å². The van der Waals surface area contributed by atoms with Crippen LogP contribution in [0.4, 0.5) is 5.69 Å². The van der Waals surface area contributed by atoms with E-state index in [1.54, 1.807) is 25.1 Å². The highest BCUT2D eigenvalue weighted by atomic mass is 35.5. The first-order chi connectivity index (χ1) is 7.84. The maximum Gasteiger partial charge on any atom is 0.246 e. The summed E-state index contributed by atoms with van der Waals surface area (Å²) in [4.78, 5) is 0. The second kappa shape index (κ2) is 5.60. The molecule has 0 atom stereocenters. The monoisotopic (exact) mass is 277 g/mol. The molecule has 1 aromatic carbocycles. The highest BCUT2D eigenvalue weighted by Gasteiger charge is 2.10. The summed E-state index contributed by atoms with van der Waals surface area (Å²) in [6.07, 6.45) is 0.0831. The summed E-state index contributed by atoms with van der Waals surface area (Å²) in [5, 5.41) is -0.462. The first kappa shape index (κ1) is 14.1. The molecule has 96 valence electrons. The predicted molar refractivity (Wildman–Crippen MR) is 70.2 cm³/mol. The molecule has 0 unspecified atom stereocenters. The minimum Gasteiger partial charge on any atom is -0.491 e. The number of hydrogen-bond donors (Lipinski definition) is 1. The van der Waals surface area contributed by atoms with Gasteiger partial charge in [-0.25, -0.2) is 8.42 Å². The Morgan fingerprint density at radius 2 is 2.06 bits per heavy atom. The zero-order valence-corrected chi connectivity index (χ0v) is 11.6. The Labute approximate surface area is 107 Å². The molecule has 0 aromatic heterocycles. The zero-order valence-electron chi connectivity index (χ0n) is 10.0. The van der Waals surface area contributed by atoms with E-state index in [4.69, 9.17) is 16.3 Å². The molecule has 0 aliphatic rings. The first-order valence-corrected chi connectivity index (χ1v) is 7.36. The largest absolute Gasteiger partial charge is 0.491 e. The van der Waals surface area contributed by atoms with Gasteiger partial charge in [-0.2, -0.15) is 0 Å². The van der Waals surface area contributed by atoms with E-state index in [0.29, 0.717) is 11.4 Å². The quantitative estimate of drug-likeness (QED) is 0.842. The van der Waals surface area contributed by atoms with Crippen molar-refractivity contribution in [1.82, 2.24) is 0 Å². The number of ether oxygens (including phenoxy) is 1. The predicted octanol–water partition coefficient (Wildman–Crippen LogP) is 2.72. The van der Waals surface area contributed by atoms with Crippen LogP contribution in [0.2, 0.25) is 0 Å². The Bertz CT molecular complexity index is 485. The van der Waals surface area contributed by atoms with Crippen LogP contribution >= 0.6 is 11.6 Å².